The van der Waals surface area contributed by atoms with E-state index >= 15 is 0 Å². The predicted molar refractivity (Wildman–Crippen MR) is 82.5 cm³/mol. The van der Waals surface area contributed by atoms with Crippen molar-refractivity contribution < 1.29 is 9.18 Å². The number of amides is 1. The maximum absolute atomic E-state index is 12.9. The summed E-state index contributed by atoms with van der Waals surface area (Å²) in [6.45, 7) is 0.755. The van der Waals surface area contributed by atoms with Crippen LogP contribution in [0.1, 0.15) is 37.7 Å². The van der Waals surface area contributed by atoms with Gasteiger partial charge in [-0.05, 0) is 30.5 Å². The molecule has 0 spiro atoms. The van der Waals surface area contributed by atoms with Crippen LogP contribution in [0.2, 0.25) is 0 Å². The van der Waals surface area contributed by atoms with E-state index in [-0.39, 0.29) is 11.7 Å². The third kappa shape index (κ3) is 4.30. The van der Waals surface area contributed by atoms with Gasteiger partial charge in [0.05, 0.1) is 6.42 Å². The smallest absolute Gasteiger partial charge is 0.227 e. The molecule has 1 fully saturated rings. The highest BCUT2D eigenvalue weighted by atomic mass is 79.9. The summed E-state index contributed by atoms with van der Waals surface area (Å²) in [5, 5.41) is 0.804. The average molecular weight is 342 g/mol. The Hall–Kier alpha value is -0.900. The molecule has 0 saturated heterocycles. The molecule has 0 N–H and O–H groups in total. The summed E-state index contributed by atoms with van der Waals surface area (Å²) in [6, 6.07) is 6.60. The maximum Gasteiger partial charge on any atom is 0.227 e. The third-order valence-electron chi connectivity index (χ3n) is 3.93. The van der Waals surface area contributed by atoms with Gasteiger partial charge >= 0.3 is 0 Å². The second-order valence-electron chi connectivity index (χ2n) is 5.37. The zero-order valence-corrected chi connectivity index (χ0v) is 13.2. The SMILES string of the molecule is O=C(Cc1ccc(F)cc1)N(CCBr)C1CCCCC1. The van der Waals surface area contributed by atoms with Crippen LogP contribution in [-0.4, -0.2) is 28.7 Å². The Bertz CT molecular complexity index is 429. The van der Waals surface area contributed by atoms with Crippen molar-refractivity contribution in [2.45, 2.75) is 44.6 Å². The molecule has 2 rings (SSSR count). The van der Waals surface area contributed by atoms with Crippen molar-refractivity contribution in [3.8, 4) is 0 Å². The monoisotopic (exact) mass is 341 g/mol. The maximum atomic E-state index is 12.9. The van der Waals surface area contributed by atoms with E-state index in [1.54, 1.807) is 12.1 Å². The molecule has 4 heteroatoms. The van der Waals surface area contributed by atoms with Crippen LogP contribution in [-0.2, 0) is 11.2 Å². The van der Waals surface area contributed by atoms with E-state index in [1.165, 1.54) is 31.4 Å². The summed E-state index contributed by atoms with van der Waals surface area (Å²) in [5.74, 6) is -0.103. The highest BCUT2D eigenvalue weighted by Crippen LogP contribution is 2.23. The fourth-order valence-electron chi connectivity index (χ4n) is 2.87. The molecule has 20 heavy (non-hydrogen) atoms. The van der Waals surface area contributed by atoms with E-state index in [4.69, 9.17) is 0 Å². The first-order valence-corrected chi connectivity index (χ1v) is 8.42. The Labute approximate surface area is 128 Å². The normalized spacial score (nSPS) is 16.1. The van der Waals surface area contributed by atoms with Crippen molar-refractivity contribution in [1.82, 2.24) is 4.90 Å². The molecule has 0 aromatic heterocycles. The molecule has 1 aromatic rings. The molecule has 1 aromatic carbocycles. The topological polar surface area (TPSA) is 20.3 Å². The van der Waals surface area contributed by atoms with E-state index in [9.17, 15) is 9.18 Å². The number of hydrogen-bond acceptors (Lipinski definition) is 1. The Morgan fingerprint density at radius 3 is 2.45 bits per heavy atom. The van der Waals surface area contributed by atoms with Crippen LogP contribution in [0.25, 0.3) is 0 Å². The summed E-state index contributed by atoms with van der Waals surface area (Å²) in [5.41, 5.74) is 0.881. The van der Waals surface area contributed by atoms with Gasteiger partial charge in [-0.2, -0.15) is 0 Å². The zero-order chi connectivity index (χ0) is 14.4. The largest absolute Gasteiger partial charge is 0.339 e. The van der Waals surface area contributed by atoms with Crippen molar-refractivity contribution in [3.63, 3.8) is 0 Å². The molecular weight excluding hydrogens is 321 g/mol. The summed E-state index contributed by atoms with van der Waals surface area (Å²) in [7, 11) is 0. The minimum atomic E-state index is -0.259. The second kappa shape index (κ2) is 7.77. The molecule has 1 amide bonds. The lowest BCUT2D eigenvalue weighted by Gasteiger charge is -2.34. The molecule has 1 aliphatic carbocycles. The van der Waals surface area contributed by atoms with Crippen LogP contribution in [0.4, 0.5) is 4.39 Å². The van der Waals surface area contributed by atoms with Gasteiger partial charge in [0.25, 0.3) is 0 Å². The van der Waals surface area contributed by atoms with Gasteiger partial charge in [-0.25, -0.2) is 4.39 Å². The standard InChI is InChI=1S/C16H21BrFNO/c17-10-11-19(15-4-2-1-3-5-15)16(20)12-13-6-8-14(18)9-7-13/h6-9,15H,1-5,10-12H2. The van der Waals surface area contributed by atoms with Gasteiger partial charge in [-0.1, -0.05) is 47.3 Å². The molecule has 2 nitrogen and oxygen atoms in total. The summed E-state index contributed by atoms with van der Waals surface area (Å²) < 4.78 is 12.9. The third-order valence-corrected chi connectivity index (χ3v) is 4.28. The molecule has 1 saturated carbocycles. The van der Waals surface area contributed by atoms with E-state index in [1.807, 2.05) is 4.90 Å². The zero-order valence-electron chi connectivity index (χ0n) is 11.7. The van der Waals surface area contributed by atoms with Gasteiger partial charge in [0.1, 0.15) is 5.82 Å². The first kappa shape index (κ1) is 15.5. The quantitative estimate of drug-likeness (QED) is 0.743. The lowest BCUT2D eigenvalue weighted by Crippen LogP contribution is -2.43. The Balaban J connectivity index is 2.00. The fourth-order valence-corrected chi connectivity index (χ4v) is 3.26. The lowest BCUT2D eigenvalue weighted by molar-refractivity contribution is -0.133. The number of alkyl halides is 1. The summed E-state index contributed by atoms with van der Waals surface area (Å²) in [4.78, 5) is 14.5. The van der Waals surface area contributed by atoms with Crippen molar-refractivity contribution in [1.29, 1.82) is 0 Å². The average Bonchev–Trinajstić information content (AvgIpc) is 2.48. The number of hydrogen-bond donors (Lipinski definition) is 0. The number of carbonyl (C=O) groups excluding carboxylic acids is 1. The van der Waals surface area contributed by atoms with Gasteiger partial charge in [-0.3, -0.25) is 4.79 Å². The molecule has 0 bridgehead atoms. The molecule has 0 radical (unpaired) electrons. The van der Waals surface area contributed by atoms with Crippen molar-refractivity contribution in [3.05, 3.63) is 35.6 Å². The van der Waals surface area contributed by atoms with Crippen LogP contribution in [0.5, 0.6) is 0 Å². The molecule has 0 aliphatic heterocycles. The lowest BCUT2D eigenvalue weighted by atomic mass is 9.93. The molecule has 0 unspecified atom stereocenters. The number of benzene rings is 1. The molecule has 110 valence electrons. The molecule has 0 atom stereocenters. The highest BCUT2D eigenvalue weighted by Gasteiger charge is 2.24. The van der Waals surface area contributed by atoms with Crippen LogP contribution in [0, 0.1) is 5.82 Å². The van der Waals surface area contributed by atoms with Crippen molar-refractivity contribution in [2.75, 3.05) is 11.9 Å². The van der Waals surface area contributed by atoms with Gasteiger partial charge in [0.15, 0.2) is 0 Å². The van der Waals surface area contributed by atoms with E-state index in [2.05, 4.69) is 15.9 Å². The summed E-state index contributed by atoms with van der Waals surface area (Å²) >= 11 is 3.44. The predicted octanol–water partition coefficient (Wildman–Crippen LogP) is 3.92. The summed E-state index contributed by atoms with van der Waals surface area (Å²) in [6.07, 6.45) is 6.31. The van der Waals surface area contributed by atoms with Crippen molar-refractivity contribution in [2.24, 2.45) is 0 Å². The molecule has 1 aliphatic rings. The molecule has 0 heterocycles. The van der Waals surface area contributed by atoms with Crippen LogP contribution < -0.4 is 0 Å². The minimum Gasteiger partial charge on any atom is -0.339 e. The van der Waals surface area contributed by atoms with Gasteiger partial charge in [-0.15, -0.1) is 0 Å². The van der Waals surface area contributed by atoms with Crippen LogP contribution >= 0.6 is 15.9 Å². The van der Waals surface area contributed by atoms with Gasteiger partial charge < -0.3 is 4.90 Å². The van der Waals surface area contributed by atoms with Gasteiger partial charge in [0.2, 0.25) is 5.91 Å². The first-order valence-electron chi connectivity index (χ1n) is 7.30. The van der Waals surface area contributed by atoms with E-state index in [0.29, 0.717) is 12.5 Å². The van der Waals surface area contributed by atoms with E-state index in [0.717, 1.165) is 30.3 Å². The fraction of sp³-hybridized carbons (Fsp3) is 0.562. The number of nitrogens with zero attached hydrogens (tertiary/aromatic N) is 1. The van der Waals surface area contributed by atoms with Crippen LogP contribution in [0.15, 0.2) is 24.3 Å². The second-order valence-corrected chi connectivity index (χ2v) is 6.16. The van der Waals surface area contributed by atoms with Crippen LogP contribution in [0.3, 0.4) is 0 Å². The Morgan fingerprint density at radius 2 is 1.85 bits per heavy atom. The van der Waals surface area contributed by atoms with Gasteiger partial charge in [0, 0.05) is 17.9 Å². The van der Waals surface area contributed by atoms with E-state index < -0.39 is 0 Å². The first-order chi connectivity index (χ1) is 9.70. The Morgan fingerprint density at radius 1 is 1.20 bits per heavy atom. The number of carbonyl (C=O) groups is 1. The van der Waals surface area contributed by atoms with Crippen molar-refractivity contribution >= 4 is 21.8 Å². The minimum absolute atomic E-state index is 0.156. The number of halogens is 2. The number of rotatable bonds is 5. The molecular formula is C16H21BrFNO. The highest BCUT2D eigenvalue weighted by molar-refractivity contribution is 9.09. The Kier molecular flexibility index (Phi) is 6.02.